The van der Waals surface area contributed by atoms with Crippen molar-refractivity contribution in [1.82, 2.24) is 9.97 Å². The summed E-state index contributed by atoms with van der Waals surface area (Å²) in [5.74, 6) is -0.829. The quantitative estimate of drug-likeness (QED) is 0.807. The minimum Gasteiger partial charge on any atom is -0.346 e. The van der Waals surface area contributed by atoms with E-state index in [1.165, 1.54) is 0 Å². The van der Waals surface area contributed by atoms with Gasteiger partial charge in [-0.25, -0.2) is 9.37 Å². The van der Waals surface area contributed by atoms with E-state index in [1.54, 1.807) is 25.4 Å². The minimum absolute atomic E-state index is 0.314. The van der Waals surface area contributed by atoms with E-state index in [0.717, 1.165) is 16.6 Å². The van der Waals surface area contributed by atoms with Crippen molar-refractivity contribution in [1.29, 1.82) is 0 Å². The van der Waals surface area contributed by atoms with Crippen LogP contribution in [0.3, 0.4) is 0 Å². The third-order valence-electron chi connectivity index (χ3n) is 3.00. The molecule has 0 bridgehead atoms. The summed E-state index contributed by atoms with van der Waals surface area (Å²) < 4.78 is 26.0. The molecule has 2 heterocycles. The van der Waals surface area contributed by atoms with Gasteiger partial charge in [-0.3, -0.25) is 4.39 Å². The highest BCUT2D eigenvalue weighted by molar-refractivity contribution is 5.79. The molecule has 0 aromatic carbocycles. The lowest BCUT2D eigenvalue weighted by Crippen LogP contribution is -1.97. The van der Waals surface area contributed by atoms with Gasteiger partial charge < -0.3 is 4.98 Å². The molecule has 0 fully saturated rings. The Hall–Kier alpha value is -1.97. The van der Waals surface area contributed by atoms with Crippen LogP contribution in [0, 0.1) is 5.92 Å². The number of rotatable bonds is 5. The van der Waals surface area contributed by atoms with Gasteiger partial charge in [-0.15, -0.1) is 0 Å². The average Bonchev–Trinajstić information content (AvgIpc) is 2.81. The normalized spacial score (nSPS) is 13.7. The van der Waals surface area contributed by atoms with Crippen LogP contribution in [0.5, 0.6) is 0 Å². The van der Waals surface area contributed by atoms with Gasteiger partial charge in [-0.2, -0.15) is 0 Å². The first-order chi connectivity index (χ1) is 9.11. The van der Waals surface area contributed by atoms with Crippen molar-refractivity contribution < 1.29 is 8.78 Å². The van der Waals surface area contributed by atoms with Crippen molar-refractivity contribution in [3.63, 3.8) is 0 Å². The Bertz CT molecular complexity index is 613. The van der Waals surface area contributed by atoms with E-state index in [-0.39, 0.29) is 5.92 Å². The molecule has 0 unspecified atom stereocenters. The van der Waals surface area contributed by atoms with Crippen LogP contribution in [0.2, 0.25) is 0 Å². The zero-order chi connectivity index (χ0) is 13.8. The van der Waals surface area contributed by atoms with Crippen molar-refractivity contribution >= 4 is 11.0 Å². The number of H-pyrrole nitrogens is 1. The van der Waals surface area contributed by atoms with E-state index in [0.29, 0.717) is 12.0 Å². The summed E-state index contributed by atoms with van der Waals surface area (Å²) in [6.45, 7) is 4.52. The van der Waals surface area contributed by atoms with Gasteiger partial charge in [0.25, 0.3) is 0 Å². The zero-order valence-corrected chi connectivity index (χ0v) is 10.8. The molecule has 0 spiro atoms. The number of hydrogen-bond donors (Lipinski definition) is 1. The van der Waals surface area contributed by atoms with Crippen LogP contribution in [0.25, 0.3) is 11.0 Å². The predicted molar refractivity (Wildman–Crippen MR) is 73.3 cm³/mol. The number of alkyl halides is 1. The van der Waals surface area contributed by atoms with Crippen LogP contribution in [0.15, 0.2) is 48.6 Å². The third kappa shape index (κ3) is 3.08. The van der Waals surface area contributed by atoms with Gasteiger partial charge in [0.05, 0.1) is 6.67 Å². The van der Waals surface area contributed by atoms with Gasteiger partial charge in [-0.05, 0) is 23.3 Å². The molecule has 2 nitrogen and oxygen atoms in total. The largest absolute Gasteiger partial charge is 0.346 e. The first kappa shape index (κ1) is 13.5. The number of allylic oxidation sites excluding steroid dienone is 3. The standard InChI is InChI=1S/C15H16F2N2/c1-10(8-16)6-12(11(2)17)7-13-9-19-15-14(13)4-3-5-18-15/h3-6,9-10H,2,7-8H2,1H3,(H,18,19)/b12-6-/t10-/m1/s1. The Balaban J connectivity index is 2.32. The van der Waals surface area contributed by atoms with Crippen molar-refractivity contribution in [2.24, 2.45) is 5.92 Å². The summed E-state index contributed by atoms with van der Waals surface area (Å²) in [6, 6.07) is 3.75. The van der Waals surface area contributed by atoms with Gasteiger partial charge in [0.15, 0.2) is 0 Å². The second-order valence-electron chi connectivity index (χ2n) is 4.62. The van der Waals surface area contributed by atoms with E-state index in [4.69, 9.17) is 0 Å². The molecular weight excluding hydrogens is 246 g/mol. The number of aromatic amines is 1. The first-order valence-corrected chi connectivity index (χ1v) is 6.14. The highest BCUT2D eigenvalue weighted by Gasteiger charge is 2.10. The van der Waals surface area contributed by atoms with Crippen LogP contribution in [0.1, 0.15) is 12.5 Å². The maximum Gasteiger partial charge on any atom is 0.137 e. The fraction of sp³-hybridized carbons (Fsp3) is 0.267. The topological polar surface area (TPSA) is 28.7 Å². The molecule has 0 aliphatic heterocycles. The van der Waals surface area contributed by atoms with Crippen molar-refractivity contribution in [2.45, 2.75) is 13.3 Å². The second-order valence-corrected chi connectivity index (χ2v) is 4.62. The maximum absolute atomic E-state index is 13.4. The molecule has 0 radical (unpaired) electrons. The Morgan fingerprint density at radius 1 is 1.58 bits per heavy atom. The van der Waals surface area contributed by atoms with Gasteiger partial charge >= 0.3 is 0 Å². The highest BCUT2D eigenvalue weighted by Crippen LogP contribution is 2.23. The smallest absolute Gasteiger partial charge is 0.137 e. The number of pyridine rings is 1. The minimum atomic E-state index is -0.515. The molecule has 0 aliphatic rings. The number of aromatic nitrogens is 2. The molecule has 1 atom stereocenters. The molecule has 4 heteroatoms. The predicted octanol–water partition coefficient (Wildman–Crippen LogP) is 4.12. The summed E-state index contributed by atoms with van der Waals surface area (Å²) in [6.07, 6.45) is 5.47. The Kier molecular flexibility index (Phi) is 4.10. The SMILES string of the molecule is C=C(F)/C(=C\[C@@H](C)CF)Cc1c[nH]c2ncccc12. The van der Waals surface area contributed by atoms with E-state index in [1.807, 2.05) is 12.1 Å². The van der Waals surface area contributed by atoms with E-state index < -0.39 is 12.5 Å². The van der Waals surface area contributed by atoms with Gasteiger partial charge in [0.2, 0.25) is 0 Å². The number of fused-ring (bicyclic) bond motifs is 1. The first-order valence-electron chi connectivity index (χ1n) is 6.14. The fourth-order valence-electron chi connectivity index (χ4n) is 2.00. The van der Waals surface area contributed by atoms with E-state index in [2.05, 4.69) is 16.5 Å². The van der Waals surface area contributed by atoms with E-state index in [9.17, 15) is 8.78 Å². The molecule has 0 amide bonds. The molecule has 0 saturated heterocycles. The van der Waals surface area contributed by atoms with Gasteiger partial charge in [-0.1, -0.05) is 19.6 Å². The molecule has 0 aliphatic carbocycles. The summed E-state index contributed by atoms with van der Waals surface area (Å²) >= 11 is 0. The molecule has 2 aromatic heterocycles. The number of nitrogens with one attached hydrogen (secondary N) is 1. The molecule has 19 heavy (non-hydrogen) atoms. The molecule has 2 rings (SSSR count). The number of nitrogens with zero attached hydrogens (tertiary/aromatic N) is 1. The van der Waals surface area contributed by atoms with Gasteiger partial charge in [0.1, 0.15) is 11.5 Å². The van der Waals surface area contributed by atoms with Crippen molar-refractivity contribution in [2.75, 3.05) is 6.67 Å². The van der Waals surface area contributed by atoms with Crippen LogP contribution >= 0.6 is 0 Å². The third-order valence-corrected chi connectivity index (χ3v) is 3.00. The van der Waals surface area contributed by atoms with Crippen LogP contribution in [-0.4, -0.2) is 16.6 Å². The molecule has 2 aromatic rings. The lowest BCUT2D eigenvalue weighted by molar-refractivity contribution is 0.428. The van der Waals surface area contributed by atoms with Gasteiger partial charge in [0, 0.05) is 30.1 Å². The van der Waals surface area contributed by atoms with E-state index >= 15 is 0 Å². The summed E-state index contributed by atoms with van der Waals surface area (Å²) in [5, 5.41) is 0.947. The molecular formula is C15H16F2N2. The van der Waals surface area contributed by atoms with Crippen molar-refractivity contribution in [3.8, 4) is 0 Å². The number of halogens is 2. The molecule has 1 N–H and O–H groups in total. The lowest BCUT2D eigenvalue weighted by atomic mass is 10.0. The fourth-order valence-corrected chi connectivity index (χ4v) is 2.00. The lowest BCUT2D eigenvalue weighted by Gasteiger charge is -2.07. The monoisotopic (exact) mass is 262 g/mol. The zero-order valence-electron chi connectivity index (χ0n) is 10.8. The highest BCUT2D eigenvalue weighted by atomic mass is 19.1. The Morgan fingerprint density at radius 3 is 3.05 bits per heavy atom. The average molecular weight is 262 g/mol. The van der Waals surface area contributed by atoms with Crippen LogP contribution in [-0.2, 0) is 6.42 Å². The van der Waals surface area contributed by atoms with Crippen LogP contribution in [0.4, 0.5) is 8.78 Å². The second kappa shape index (κ2) is 5.78. The Labute approximate surface area is 110 Å². The Morgan fingerprint density at radius 2 is 2.37 bits per heavy atom. The van der Waals surface area contributed by atoms with Crippen molar-refractivity contribution in [3.05, 3.63) is 54.1 Å². The molecule has 0 saturated carbocycles. The summed E-state index contributed by atoms with van der Waals surface area (Å²) in [5.41, 5.74) is 2.12. The number of hydrogen-bond acceptors (Lipinski definition) is 1. The maximum atomic E-state index is 13.4. The summed E-state index contributed by atoms with van der Waals surface area (Å²) in [7, 11) is 0. The summed E-state index contributed by atoms with van der Waals surface area (Å²) in [4.78, 5) is 7.22. The molecule has 100 valence electrons. The van der Waals surface area contributed by atoms with Crippen LogP contribution < -0.4 is 0 Å².